The Kier molecular flexibility index (Phi) is 8.06. The van der Waals surface area contributed by atoms with Gasteiger partial charge in [0, 0.05) is 33.2 Å². The third kappa shape index (κ3) is 5.29. The molecule has 0 bridgehead atoms. The number of carboxylic acid groups (broad SMARTS) is 1. The zero-order valence-electron chi connectivity index (χ0n) is 17.4. The smallest absolute Gasteiger partial charge is 0.475 e. The second kappa shape index (κ2) is 10.3. The van der Waals surface area contributed by atoms with E-state index in [1.165, 1.54) is 11.6 Å². The van der Waals surface area contributed by atoms with E-state index in [9.17, 15) is 27.9 Å². The Morgan fingerprint density at radius 1 is 1.22 bits per heavy atom. The molecule has 2 aromatic heterocycles. The number of anilines is 1. The molecule has 0 atom stereocenters. The van der Waals surface area contributed by atoms with Crippen LogP contribution in [0, 0.1) is 11.8 Å². The summed E-state index contributed by atoms with van der Waals surface area (Å²) in [5.41, 5.74) is -0.244. The van der Waals surface area contributed by atoms with E-state index in [0.29, 0.717) is 23.7 Å². The Labute approximate surface area is 179 Å². The summed E-state index contributed by atoms with van der Waals surface area (Å²) in [6, 6.07) is 0. The second-order valence-corrected chi connectivity index (χ2v) is 6.66. The number of nitrogens with one attached hydrogen (secondary N) is 1. The van der Waals surface area contributed by atoms with Gasteiger partial charge in [-0.15, -0.1) is 5.92 Å². The van der Waals surface area contributed by atoms with Gasteiger partial charge in [-0.05, 0) is 6.92 Å². The van der Waals surface area contributed by atoms with E-state index in [4.69, 9.17) is 9.90 Å². The average molecular weight is 460 g/mol. The zero-order valence-corrected chi connectivity index (χ0v) is 17.4. The summed E-state index contributed by atoms with van der Waals surface area (Å²) in [6.45, 7) is 5.09. The van der Waals surface area contributed by atoms with Gasteiger partial charge in [-0.2, -0.15) is 18.2 Å². The van der Waals surface area contributed by atoms with Crippen LogP contribution in [0.3, 0.4) is 0 Å². The molecule has 0 spiro atoms. The Bertz CT molecular complexity index is 1150. The summed E-state index contributed by atoms with van der Waals surface area (Å²) < 4.78 is 35.9. The predicted molar refractivity (Wildman–Crippen MR) is 109 cm³/mol. The standard InChI is InChI=1S/C16H22N6O3.C2HF3O2/c1-3-4-7-21-12-13(18-15(21)20-8-5-17-6-9-20)22(10-11-23)16(25)19(2)14(12)24;3-2(4,5)1(6)7/h17,23H,5-11H2,1-2H3;(H,6,7). The first-order chi connectivity index (χ1) is 15.0. The Morgan fingerprint density at radius 2 is 1.81 bits per heavy atom. The van der Waals surface area contributed by atoms with Crippen LogP contribution in [0.15, 0.2) is 9.59 Å². The number of fused-ring (bicyclic) bond motifs is 1. The molecule has 2 aromatic rings. The van der Waals surface area contributed by atoms with Crippen LogP contribution < -0.4 is 21.5 Å². The number of hydrogen-bond donors (Lipinski definition) is 3. The number of hydrogen-bond acceptors (Lipinski definition) is 7. The maximum absolute atomic E-state index is 12.7. The highest BCUT2D eigenvalue weighted by molar-refractivity contribution is 5.75. The topological polar surface area (TPSA) is 135 Å². The molecule has 0 radical (unpaired) electrons. The summed E-state index contributed by atoms with van der Waals surface area (Å²) in [4.78, 5) is 40.7. The van der Waals surface area contributed by atoms with Crippen molar-refractivity contribution >= 4 is 23.1 Å². The van der Waals surface area contributed by atoms with Gasteiger partial charge in [0.15, 0.2) is 11.2 Å². The zero-order chi connectivity index (χ0) is 24.1. The molecule has 14 heteroatoms. The molecule has 0 amide bonds. The first-order valence-corrected chi connectivity index (χ1v) is 9.50. The average Bonchev–Trinajstić information content (AvgIpc) is 3.13. The Hall–Kier alpha value is -3.31. The van der Waals surface area contributed by atoms with Gasteiger partial charge < -0.3 is 20.4 Å². The van der Waals surface area contributed by atoms with E-state index >= 15 is 0 Å². The van der Waals surface area contributed by atoms with Gasteiger partial charge in [0.25, 0.3) is 5.56 Å². The van der Waals surface area contributed by atoms with Crippen LogP contribution in [0.4, 0.5) is 19.1 Å². The highest BCUT2D eigenvalue weighted by Gasteiger charge is 2.38. The van der Waals surface area contributed by atoms with Gasteiger partial charge in [0.1, 0.15) is 0 Å². The van der Waals surface area contributed by atoms with Crippen LogP contribution in [0.1, 0.15) is 6.92 Å². The molecule has 1 saturated heterocycles. The molecule has 1 aliphatic rings. The van der Waals surface area contributed by atoms with Crippen LogP contribution in [-0.2, 0) is 24.9 Å². The lowest BCUT2D eigenvalue weighted by atomic mass is 10.4. The molecule has 3 heterocycles. The number of alkyl halides is 3. The van der Waals surface area contributed by atoms with Crippen molar-refractivity contribution in [3.63, 3.8) is 0 Å². The van der Waals surface area contributed by atoms with Crippen molar-refractivity contribution in [1.29, 1.82) is 0 Å². The van der Waals surface area contributed by atoms with Crippen molar-refractivity contribution < 1.29 is 28.2 Å². The number of imidazole rings is 1. The largest absolute Gasteiger partial charge is 0.490 e. The molecule has 0 saturated carbocycles. The van der Waals surface area contributed by atoms with Crippen molar-refractivity contribution in [1.82, 2.24) is 24.0 Å². The maximum atomic E-state index is 12.7. The molecule has 0 aromatic carbocycles. The molecule has 1 fully saturated rings. The van der Waals surface area contributed by atoms with Crippen LogP contribution in [0.2, 0.25) is 0 Å². The van der Waals surface area contributed by atoms with Crippen LogP contribution in [0.5, 0.6) is 0 Å². The van der Waals surface area contributed by atoms with Gasteiger partial charge in [-0.25, -0.2) is 9.59 Å². The van der Waals surface area contributed by atoms with Crippen molar-refractivity contribution in [2.75, 3.05) is 37.7 Å². The number of aliphatic carboxylic acids is 1. The van der Waals surface area contributed by atoms with Gasteiger partial charge >= 0.3 is 17.8 Å². The molecule has 11 nitrogen and oxygen atoms in total. The van der Waals surface area contributed by atoms with E-state index in [-0.39, 0.29) is 13.2 Å². The summed E-state index contributed by atoms with van der Waals surface area (Å²) in [5.74, 6) is 3.70. The fourth-order valence-corrected chi connectivity index (χ4v) is 3.06. The molecule has 3 rings (SSSR count). The van der Waals surface area contributed by atoms with E-state index in [0.717, 1.165) is 30.7 Å². The minimum Gasteiger partial charge on any atom is -0.475 e. The number of piperazine rings is 1. The lowest BCUT2D eigenvalue weighted by Gasteiger charge is -2.28. The highest BCUT2D eigenvalue weighted by Crippen LogP contribution is 2.20. The van der Waals surface area contributed by atoms with Gasteiger partial charge in [0.2, 0.25) is 5.95 Å². The number of halogens is 3. The van der Waals surface area contributed by atoms with Crippen LogP contribution in [-0.4, -0.2) is 73.8 Å². The fraction of sp³-hybridized carbons (Fsp3) is 0.556. The van der Waals surface area contributed by atoms with Crippen molar-refractivity contribution in [3.05, 3.63) is 20.8 Å². The second-order valence-electron chi connectivity index (χ2n) is 6.66. The first-order valence-electron chi connectivity index (χ1n) is 9.50. The number of aliphatic hydroxyl groups excluding tert-OH is 1. The molecule has 0 aliphatic carbocycles. The Balaban J connectivity index is 0.000000451. The quantitative estimate of drug-likeness (QED) is 0.493. The minimum absolute atomic E-state index is 0.0842. The molecule has 32 heavy (non-hydrogen) atoms. The van der Waals surface area contributed by atoms with Crippen LogP contribution >= 0.6 is 0 Å². The fourth-order valence-electron chi connectivity index (χ4n) is 3.06. The van der Waals surface area contributed by atoms with Crippen molar-refractivity contribution in [3.8, 4) is 11.8 Å². The molecule has 176 valence electrons. The monoisotopic (exact) mass is 460 g/mol. The molecule has 3 N–H and O–H groups in total. The number of rotatable bonds is 4. The number of nitrogens with zero attached hydrogens (tertiary/aromatic N) is 5. The third-order valence-electron chi connectivity index (χ3n) is 4.59. The predicted octanol–water partition coefficient (Wildman–Crippen LogP) is -1.04. The van der Waals surface area contributed by atoms with Gasteiger partial charge in [-0.1, -0.05) is 5.92 Å². The van der Waals surface area contributed by atoms with E-state index < -0.39 is 23.4 Å². The third-order valence-corrected chi connectivity index (χ3v) is 4.59. The molecule has 1 aliphatic heterocycles. The number of carbonyl (C=O) groups is 1. The lowest BCUT2D eigenvalue weighted by Crippen LogP contribution is -2.44. The highest BCUT2D eigenvalue weighted by atomic mass is 19.4. The molecule has 0 unspecified atom stereocenters. The normalized spacial score (nSPS) is 13.9. The van der Waals surface area contributed by atoms with E-state index in [2.05, 4.69) is 27.0 Å². The first kappa shape index (κ1) is 25.0. The minimum atomic E-state index is -5.08. The van der Waals surface area contributed by atoms with Gasteiger partial charge in [-0.3, -0.25) is 18.5 Å². The number of aromatic nitrogens is 4. The summed E-state index contributed by atoms with van der Waals surface area (Å²) >= 11 is 0. The Morgan fingerprint density at radius 3 is 2.31 bits per heavy atom. The number of aliphatic hydroxyl groups is 1. The molecular formula is C18H23F3N6O5. The lowest BCUT2D eigenvalue weighted by molar-refractivity contribution is -0.192. The summed E-state index contributed by atoms with van der Waals surface area (Å²) in [5, 5.41) is 19.7. The van der Waals surface area contributed by atoms with Crippen LogP contribution in [0.25, 0.3) is 11.2 Å². The SMILES string of the molecule is CC#CCn1c(N2CCNCC2)nc2c1c(=O)n(C)c(=O)n2CCO.O=C(O)C(F)(F)F. The van der Waals surface area contributed by atoms with Crippen molar-refractivity contribution in [2.45, 2.75) is 26.2 Å². The summed E-state index contributed by atoms with van der Waals surface area (Å²) in [6.07, 6.45) is -5.08. The van der Waals surface area contributed by atoms with Gasteiger partial charge in [0.05, 0.1) is 19.7 Å². The van der Waals surface area contributed by atoms with E-state index in [1.807, 2.05) is 0 Å². The van der Waals surface area contributed by atoms with Crippen molar-refractivity contribution in [2.24, 2.45) is 7.05 Å². The molecular weight excluding hydrogens is 437 g/mol. The summed E-state index contributed by atoms with van der Waals surface area (Å²) in [7, 11) is 1.44. The number of carboxylic acids is 1. The maximum Gasteiger partial charge on any atom is 0.490 e. The van der Waals surface area contributed by atoms with E-state index in [1.54, 1.807) is 11.5 Å².